The highest BCUT2D eigenvalue weighted by Gasteiger charge is 2.41. The molecule has 0 radical (unpaired) electrons. The van der Waals surface area contributed by atoms with E-state index in [2.05, 4.69) is 55.2 Å². The Morgan fingerprint density at radius 2 is 1.70 bits per heavy atom. The maximum absolute atomic E-state index is 2.54. The van der Waals surface area contributed by atoms with Crippen LogP contribution in [0.1, 0.15) is 27.7 Å². The predicted octanol–water partition coefficient (Wildman–Crippen LogP) is 2.29. The lowest BCUT2D eigenvalue weighted by molar-refractivity contribution is 0.0470. The predicted molar refractivity (Wildman–Crippen MR) is 53.8 cm³/mol. The molecule has 1 nitrogen and oxygen atoms in total. The van der Waals surface area contributed by atoms with Crippen LogP contribution in [0.25, 0.3) is 0 Å². The second-order valence-electron chi connectivity index (χ2n) is 4.44. The van der Waals surface area contributed by atoms with Gasteiger partial charge in [-0.15, -0.1) is 0 Å². The van der Waals surface area contributed by atoms with Gasteiger partial charge in [0.2, 0.25) is 0 Å². The van der Waals surface area contributed by atoms with Crippen LogP contribution in [0.15, 0.2) is 0 Å². The third-order valence-corrected chi connectivity index (χ3v) is 2.67. The van der Waals surface area contributed by atoms with Crippen molar-refractivity contribution in [2.24, 2.45) is 0 Å². The van der Waals surface area contributed by atoms with E-state index in [1.807, 2.05) is 0 Å². The normalized spacial score (nSPS) is 26.1. The van der Waals surface area contributed by atoms with Gasteiger partial charge in [-0.2, -0.15) is 0 Å². The minimum absolute atomic E-state index is 0.380. The van der Waals surface area contributed by atoms with Crippen molar-refractivity contribution in [1.29, 1.82) is 0 Å². The molecule has 0 aliphatic carbocycles. The monoisotopic (exact) mass is 253 g/mol. The van der Waals surface area contributed by atoms with Crippen LogP contribution in [0.3, 0.4) is 0 Å². The van der Waals surface area contributed by atoms with Crippen LogP contribution in [-0.2, 0) is 0 Å². The molecule has 1 rings (SSSR count). The number of likely N-dealkylation sites (tertiary alicyclic amines) is 1. The van der Waals surface area contributed by atoms with Gasteiger partial charge in [0.1, 0.15) is 0 Å². The van der Waals surface area contributed by atoms with Crippen molar-refractivity contribution in [3.63, 3.8) is 0 Å². The second-order valence-corrected chi connectivity index (χ2v) is 7.04. The Bertz CT molecular complexity index is 127. The molecule has 1 saturated heterocycles. The zero-order chi connectivity index (χ0) is 7.99. The molecule has 0 amide bonds. The van der Waals surface area contributed by atoms with Crippen molar-refractivity contribution < 1.29 is 0 Å². The molecule has 0 aromatic heterocycles. The van der Waals surface area contributed by atoms with Gasteiger partial charge in [-0.3, -0.25) is 4.90 Å². The molecule has 10 heavy (non-hydrogen) atoms. The molecule has 0 spiro atoms. The van der Waals surface area contributed by atoms with Crippen molar-refractivity contribution in [1.82, 2.24) is 4.90 Å². The summed E-state index contributed by atoms with van der Waals surface area (Å²) in [6, 6.07) is 0. The smallest absolute Gasteiger partial charge is 0.0448 e. The lowest BCUT2D eigenvalue weighted by Gasteiger charge is -2.51. The Balaban J connectivity index is 2.40. The van der Waals surface area contributed by atoms with Crippen LogP contribution in [0.5, 0.6) is 0 Å². The van der Waals surface area contributed by atoms with E-state index in [0.717, 1.165) is 0 Å². The molecule has 1 aliphatic heterocycles. The van der Waals surface area contributed by atoms with Gasteiger partial charge in [0, 0.05) is 22.1 Å². The number of nitrogens with zero attached hydrogens (tertiary/aromatic N) is 1. The summed E-state index contributed by atoms with van der Waals surface area (Å²) in [6.07, 6.45) is 0. The number of halogens is 1. The molecular formula is C8H16IN. The van der Waals surface area contributed by atoms with Gasteiger partial charge in [0.15, 0.2) is 0 Å². The van der Waals surface area contributed by atoms with Gasteiger partial charge in [0.05, 0.1) is 0 Å². The van der Waals surface area contributed by atoms with Gasteiger partial charge in [-0.25, -0.2) is 0 Å². The third kappa shape index (κ3) is 1.84. The summed E-state index contributed by atoms with van der Waals surface area (Å²) >= 11 is 2.54. The van der Waals surface area contributed by atoms with Crippen LogP contribution in [0.4, 0.5) is 0 Å². The van der Waals surface area contributed by atoms with Crippen LogP contribution < -0.4 is 0 Å². The van der Waals surface area contributed by atoms with Crippen LogP contribution >= 0.6 is 22.6 Å². The van der Waals surface area contributed by atoms with E-state index < -0.39 is 0 Å². The summed E-state index contributed by atoms with van der Waals surface area (Å²) in [6.45, 7) is 11.6. The van der Waals surface area contributed by atoms with E-state index in [-0.39, 0.29) is 0 Å². The molecule has 0 bridgehead atoms. The fourth-order valence-electron chi connectivity index (χ4n) is 1.22. The summed E-state index contributed by atoms with van der Waals surface area (Å²) in [5, 5.41) is 0. The molecule has 0 N–H and O–H groups in total. The number of alkyl halides is 1. The van der Waals surface area contributed by atoms with E-state index in [1.165, 1.54) is 13.1 Å². The molecule has 0 atom stereocenters. The van der Waals surface area contributed by atoms with Crippen LogP contribution in [-0.4, -0.2) is 27.0 Å². The molecule has 0 unspecified atom stereocenters. The van der Waals surface area contributed by atoms with Crippen LogP contribution in [0, 0.1) is 0 Å². The molecule has 1 aliphatic rings. The average molecular weight is 253 g/mol. The molecule has 1 fully saturated rings. The Kier molecular flexibility index (Phi) is 2.05. The number of hydrogen-bond acceptors (Lipinski definition) is 1. The summed E-state index contributed by atoms with van der Waals surface area (Å²) in [7, 11) is 0. The maximum atomic E-state index is 2.54. The Morgan fingerprint density at radius 3 is 1.80 bits per heavy atom. The van der Waals surface area contributed by atoms with E-state index in [4.69, 9.17) is 0 Å². The molecule has 60 valence electrons. The van der Waals surface area contributed by atoms with Crippen molar-refractivity contribution in [3.8, 4) is 0 Å². The number of hydrogen-bond donors (Lipinski definition) is 0. The molecule has 0 aromatic rings. The topological polar surface area (TPSA) is 3.24 Å². The van der Waals surface area contributed by atoms with Crippen molar-refractivity contribution in [2.45, 2.75) is 36.7 Å². The Morgan fingerprint density at radius 1 is 1.30 bits per heavy atom. The third-order valence-electron chi connectivity index (χ3n) is 1.99. The van der Waals surface area contributed by atoms with Gasteiger partial charge in [-0.05, 0) is 27.7 Å². The van der Waals surface area contributed by atoms with Gasteiger partial charge >= 0.3 is 0 Å². The van der Waals surface area contributed by atoms with Crippen LogP contribution in [0.2, 0.25) is 0 Å². The first-order valence-electron chi connectivity index (χ1n) is 3.75. The summed E-state index contributed by atoms with van der Waals surface area (Å²) in [5.41, 5.74) is 0.380. The lowest BCUT2D eigenvalue weighted by Crippen LogP contribution is -2.62. The first-order valence-corrected chi connectivity index (χ1v) is 4.83. The minimum Gasteiger partial charge on any atom is -0.296 e. The molecule has 2 heteroatoms. The average Bonchev–Trinajstić information content (AvgIpc) is 1.56. The van der Waals surface area contributed by atoms with E-state index in [9.17, 15) is 0 Å². The van der Waals surface area contributed by atoms with Crippen molar-refractivity contribution >= 4 is 22.6 Å². The molecular weight excluding hydrogens is 237 g/mol. The molecule has 0 aromatic carbocycles. The van der Waals surface area contributed by atoms with Crippen molar-refractivity contribution in [2.75, 3.05) is 13.1 Å². The first-order chi connectivity index (χ1) is 4.31. The fraction of sp³-hybridized carbons (Fsp3) is 1.00. The highest BCUT2D eigenvalue weighted by atomic mass is 127. The number of rotatable bonds is 0. The van der Waals surface area contributed by atoms with Gasteiger partial charge < -0.3 is 0 Å². The highest BCUT2D eigenvalue weighted by molar-refractivity contribution is 14.1. The quantitative estimate of drug-likeness (QED) is 0.473. The minimum atomic E-state index is 0.380. The summed E-state index contributed by atoms with van der Waals surface area (Å²) in [4.78, 5) is 2.51. The largest absolute Gasteiger partial charge is 0.296 e. The van der Waals surface area contributed by atoms with Gasteiger partial charge in [-0.1, -0.05) is 22.6 Å². The van der Waals surface area contributed by atoms with E-state index in [0.29, 0.717) is 8.96 Å². The summed E-state index contributed by atoms with van der Waals surface area (Å²) < 4.78 is 0.547. The fourth-order valence-corrected chi connectivity index (χ4v) is 2.05. The maximum Gasteiger partial charge on any atom is 0.0448 e. The molecule has 0 saturated carbocycles. The summed E-state index contributed by atoms with van der Waals surface area (Å²) in [5.74, 6) is 0. The standard InChI is InChI=1S/C8H16IN/c1-7(2,3)10-5-8(4,9)6-10/h5-6H2,1-4H3. The van der Waals surface area contributed by atoms with E-state index >= 15 is 0 Å². The lowest BCUT2D eigenvalue weighted by atomic mass is 9.94. The molecule has 1 heterocycles. The van der Waals surface area contributed by atoms with E-state index in [1.54, 1.807) is 0 Å². The Hall–Kier alpha value is 0.690. The SMILES string of the molecule is CC1(I)CN(C(C)(C)C)C1. The van der Waals surface area contributed by atoms with Crippen molar-refractivity contribution in [3.05, 3.63) is 0 Å². The Labute approximate surface area is 77.3 Å². The first kappa shape index (κ1) is 8.78. The highest BCUT2D eigenvalue weighted by Crippen LogP contribution is 2.34. The zero-order valence-corrected chi connectivity index (χ0v) is 9.40. The zero-order valence-electron chi connectivity index (χ0n) is 7.24. The van der Waals surface area contributed by atoms with Gasteiger partial charge in [0.25, 0.3) is 0 Å². The second kappa shape index (κ2) is 2.34.